The van der Waals surface area contributed by atoms with Crippen molar-refractivity contribution in [3.05, 3.63) is 53.4 Å². The van der Waals surface area contributed by atoms with Gasteiger partial charge in [0.25, 0.3) is 5.91 Å². The maximum atomic E-state index is 13.2. The van der Waals surface area contributed by atoms with Gasteiger partial charge in [0.2, 0.25) is 5.82 Å². The number of amides is 1. The number of hydrogen-bond acceptors (Lipinski definition) is 5. The lowest BCUT2D eigenvalue weighted by Crippen LogP contribution is -2.29. The first-order valence-corrected chi connectivity index (χ1v) is 8.99. The second-order valence-electron chi connectivity index (χ2n) is 5.70. The number of halogens is 1. The van der Waals surface area contributed by atoms with Gasteiger partial charge in [0.05, 0.1) is 10.6 Å². The molecule has 2 heterocycles. The zero-order valence-corrected chi connectivity index (χ0v) is 15.4. The molecule has 26 heavy (non-hydrogen) atoms. The molecule has 3 rings (SSSR count). The summed E-state index contributed by atoms with van der Waals surface area (Å²) in [6.07, 6.45) is 0.731. The molecule has 0 bridgehead atoms. The maximum Gasteiger partial charge on any atom is 0.293 e. The fourth-order valence-electron chi connectivity index (χ4n) is 2.45. The zero-order chi connectivity index (χ0) is 18.5. The van der Waals surface area contributed by atoms with Gasteiger partial charge in [0.15, 0.2) is 5.82 Å². The number of rotatable bonds is 7. The van der Waals surface area contributed by atoms with Crippen LogP contribution in [0.3, 0.4) is 0 Å². The number of methoxy groups -OCH3 is 1. The highest BCUT2D eigenvalue weighted by Gasteiger charge is 2.21. The largest absolute Gasteiger partial charge is 0.385 e. The summed E-state index contributed by atoms with van der Waals surface area (Å²) >= 11 is 1.50. The molecular weight excluding hydrogens is 355 g/mol. The van der Waals surface area contributed by atoms with E-state index < -0.39 is 0 Å². The summed E-state index contributed by atoms with van der Waals surface area (Å²) in [4.78, 5) is 19.5. The molecule has 6 nitrogen and oxygen atoms in total. The standard InChI is InChI=1S/C18H19FN4O2S/c1-22(10-4-11-25-2)18(24)16-20-17(15-5-3-12-26-15)23(21-16)14-8-6-13(19)7-9-14/h3,5-9,12H,4,10-11H2,1-2H3. The van der Waals surface area contributed by atoms with Crippen LogP contribution in [0, 0.1) is 5.82 Å². The molecule has 1 aromatic carbocycles. The van der Waals surface area contributed by atoms with Crippen LogP contribution < -0.4 is 0 Å². The van der Waals surface area contributed by atoms with Gasteiger partial charge < -0.3 is 9.64 Å². The van der Waals surface area contributed by atoms with Crippen molar-refractivity contribution in [3.8, 4) is 16.4 Å². The number of aromatic nitrogens is 3. The van der Waals surface area contributed by atoms with Gasteiger partial charge in [0.1, 0.15) is 5.82 Å². The maximum absolute atomic E-state index is 13.2. The van der Waals surface area contributed by atoms with Crippen LogP contribution in [0.2, 0.25) is 0 Å². The molecule has 0 radical (unpaired) electrons. The lowest BCUT2D eigenvalue weighted by Gasteiger charge is -2.14. The Bertz CT molecular complexity index is 862. The summed E-state index contributed by atoms with van der Waals surface area (Å²) in [5.41, 5.74) is 0.642. The number of ether oxygens (including phenoxy) is 1. The molecule has 3 aromatic rings. The summed E-state index contributed by atoms with van der Waals surface area (Å²) in [5, 5.41) is 6.31. The van der Waals surface area contributed by atoms with Crippen LogP contribution in [-0.2, 0) is 4.74 Å². The topological polar surface area (TPSA) is 60.2 Å². The fourth-order valence-corrected chi connectivity index (χ4v) is 3.15. The first kappa shape index (κ1) is 18.2. The third-order valence-corrected chi connectivity index (χ3v) is 4.67. The molecule has 0 aliphatic carbocycles. The lowest BCUT2D eigenvalue weighted by atomic mass is 10.3. The van der Waals surface area contributed by atoms with Gasteiger partial charge in [-0.05, 0) is 42.1 Å². The minimum Gasteiger partial charge on any atom is -0.385 e. The zero-order valence-electron chi connectivity index (χ0n) is 14.6. The van der Waals surface area contributed by atoms with Crippen molar-refractivity contribution in [2.45, 2.75) is 6.42 Å². The van der Waals surface area contributed by atoms with E-state index >= 15 is 0 Å². The van der Waals surface area contributed by atoms with Gasteiger partial charge in [-0.1, -0.05) is 6.07 Å². The molecule has 0 aliphatic rings. The molecule has 0 unspecified atom stereocenters. The number of hydrogen-bond donors (Lipinski definition) is 0. The highest BCUT2D eigenvalue weighted by molar-refractivity contribution is 7.13. The van der Waals surface area contributed by atoms with E-state index in [9.17, 15) is 9.18 Å². The first-order chi connectivity index (χ1) is 12.6. The molecule has 0 saturated heterocycles. The van der Waals surface area contributed by atoms with Crippen molar-refractivity contribution < 1.29 is 13.9 Å². The minimum atomic E-state index is -0.333. The van der Waals surface area contributed by atoms with Gasteiger partial charge in [-0.2, -0.15) is 0 Å². The molecule has 0 atom stereocenters. The smallest absolute Gasteiger partial charge is 0.293 e. The molecule has 1 amide bonds. The average Bonchev–Trinajstić information content (AvgIpc) is 3.31. The second-order valence-corrected chi connectivity index (χ2v) is 6.65. The van der Waals surface area contributed by atoms with Crippen molar-refractivity contribution >= 4 is 17.2 Å². The SMILES string of the molecule is COCCCN(C)C(=O)c1nc(-c2cccs2)n(-c2ccc(F)cc2)n1. The van der Waals surface area contributed by atoms with Gasteiger partial charge in [-0.25, -0.2) is 14.1 Å². The van der Waals surface area contributed by atoms with Crippen LogP contribution >= 0.6 is 11.3 Å². The van der Waals surface area contributed by atoms with Crippen molar-refractivity contribution in [2.24, 2.45) is 0 Å². The number of carbonyl (C=O) groups excluding carboxylic acids is 1. The molecule has 8 heteroatoms. The Hall–Kier alpha value is -2.58. The summed E-state index contributed by atoms with van der Waals surface area (Å²) in [6, 6.07) is 9.74. The van der Waals surface area contributed by atoms with Crippen molar-refractivity contribution in [2.75, 3.05) is 27.3 Å². The summed E-state index contributed by atoms with van der Waals surface area (Å²) in [5.74, 6) is 0.0679. The van der Waals surface area contributed by atoms with Crippen LogP contribution in [-0.4, -0.2) is 52.9 Å². The van der Waals surface area contributed by atoms with Gasteiger partial charge >= 0.3 is 0 Å². The van der Waals surface area contributed by atoms with E-state index in [1.54, 1.807) is 35.9 Å². The van der Waals surface area contributed by atoms with E-state index in [1.165, 1.54) is 23.5 Å². The van der Waals surface area contributed by atoms with Crippen LogP contribution in [0.1, 0.15) is 17.0 Å². The third-order valence-electron chi connectivity index (χ3n) is 3.80. The summed E-state index contributed by atoms with van der Waals surface area (Å²) in [7, 11) is 3.34. The van der Waals surface area contributed by atoms with Gasteiger partial charge in [-0.3, -0.25) is 4.79 Å². The van der Waals surface area contributed by atoms with E-state index in [1.807, 2.05) is 17.5 Å². The Morgan fingerprint density at radius 1 is 1.31 bits per heavy atom. The van der Waals surface area contributed by atoms with Gasteiger partial charge in [0, 0.05) is 27.3 Å². The van der Waals surface area contributed by atoms with Crippen LogP contribution in [0.5, 0.6) is 0 Å². The Kier molecular flexibility index (Phi) is 5.75. The molecule has 0 saturated carbocycles. The van der Waals surface area contributed by atoms with E-state index in [0.29, 0.717) is 24.7 Å². The Balaban J connectivity index is 1.94. The quantitative estimate of drug-likeness (QED) is 0.596. The van der Waals surface area contributed by atoms with Crippen LogP contribution in [0.15, 0.2) is 41.8 Å². The van der Waals surface area contributed by atoms with Crippen LogP contribution in [0.4, 0.5) is 4.39 Å². The van der Waals surface area contributed by atoms with Gasteiger partial charge in [-0.15, -0.1) is 16.4 Å². The highest BCUT2D eigenvalue weighted by Crippen LogP contribution is 2.26. The average molecular weight is 374 g/mol. The number of nitrogens with zero attached hydrogens (tertiary/aromatic N) is 4. The minimum absolute atomic E-state index is 0.109. The van der Waals surface area contributed by atoms with E-state index in [0.717, 1.165) is 11.3 Å². The van der Waals surface area contributed by atoms with E-state index in [4.69, 9.17) is 4.74 Å². The molecule has 0 N–H and O–H groups in total. The van der Waals surface area contributed by atoms with E-state index in [-0.39, 0.29) is 17.5 Å². The predicted octanol–water partition coefficient (Wildman–Crippen LogP) is 3.24. The number of benzene rings is 1. The Morgan fingerprint density at radius 2 is 2.08 bits per heavy atom. The summed E-state index contributed by atoms with van der Waals surface area (Å²) < 4.78 is 19.8. The normalized spacial score (nSPS) is 10.9. The van der Waals surface area contributed by atoms with Crippen molar-refractivity contribution in [1.29, 1.82) is 0 Å². The fraction of sp³-hybridized carbons (Fsp3) is 0.278. The highest BCUT2D eigenvalue weighted by atomic mass is 32.1. The lowest BCUT2D eigenvalue weighted by molar-refractivity contribution is 0.0767. The predicted molar refractivity (Wildman–Crippen MR) is 98.1 cm³/mol. The third kappa shape index (κ3) is 3.97. The second kappa shape index (κ2) is 8.20. The first-order valence-electron chi connectivity index (χ1n) is 8.11. The molecular formula is C18H19FN4O2S. The Labute approximate surface area is 154 Å². The monoisotopic (exact) mass is 374 g/mol. The van der Waals surface area contributed by atoms with E-state index in [2.05, 4.69) is 10.1 Å². The van der Waals surface area contributed by atoms with Crippen LogP contribution in [0.25, 0.3) is 16.4 Å². The number of carbonyl (C=O) groups is 1. The molecule has 2 aromatic heterocycles. The summed E-state index contributed by atoms with van der Waals surface area (Å²) in [6.45, 7) is 1.13. The van der Waals surface area contributed by atoms with Crippen molar-refractivity contribution in [3.63, 3.8) is 0 Å². The number of thiophene rings is 1. The molecule has 136 valence electrons. The van der Waals surface area contributed by atoms with Crippen molar-refractivity contribution in [1.82, 2.24) is 19.7 Å². The molecule has 0 fully saturated rings. The molecule has 0 aliphatic heterocycles. The molecule has 0 spiro atoms. The Morgan fingerprint density at radius 3 is 2.73 bits per heavy atom.